The van der Waals surface area contributed by atoms with Gasteiger partial charge in [-0.25, -0.2) is 4.98 Å². The molecule has 1 heterocycles. The van der Waals surface area contributed by atoms with Crippen LogP contribution >= 0.6 is 0 Å². The third kappa shape index (κ3) is 3.23. The summed E-state index contributed by atoms with van der Waals surface area (Å²) in [5, 5.41) is 7.00. The van der Waals surface area contributed by atoms with E-state index < -0.39 is 0 Å². The van der Waals surface area contributed by atoms with Crippen molar-refractivity contribution in [1.29, 1.82) is 0 Å². The Labute approximate surface area is 119 Å². The van der Waals surface area contributed by atoms with Gasteiger partial charge in [-0.3, -0.25) is 9.48 Å². The summed E-state index contributed by atoms with van der Waals surface area (Å²) in [5.74, 6) is 0.511. The van der Waals surface area contributed by atoms with Gasteiger partial charge in [-0.15, -0.1) is 0 Å². The highest BCUT2D eigenvalue weighted by atomic mass is 16.1. The van der Waals surface area contributed by atoms with Crippen LogP contribution in [0.5, 0.6) is 0 Å². The number of aryl methyl sites for hydroxylation is 1. The van der Waals surface area contributed by atoms with Crippen LogP contribution in [0, 0.1) is 0 Å². The number of aromatic nitrogens is 3. The molecule has 0 fully saturated rings. The maximum atomic E-state index is 12.3. The Kier molecular flexibility index (Phi) is 3.88. The van der Waals surface area contributed by atoms with Crippen LogP contribution in [0.1, 0.15) is 42.5 Å². The average Bonchev–Trinajstić information content (AvgIpc) is 2.81. The van der Waals surface area contributed by atoms with Crippen LogP contribution in [0.15, 0.2) is 30.6 Å². The van der Waals surface area contributed by atoms with Gasteiger partial charge in [0.15, 0.2) is 5.82 Å². The molecule has 1 aromatic heterocycles. The van der Waals surface area contributed by atoms with Gasteiger partial charge < -0.3 is 5.32 Å². The van der Waals surface area contributed by atoms with E-state index in [1.165, 1.54) is 0 Å². The van der Waals surface area contributed by atoms with E-state index in [4.69, 9.17) is 0 Å². The highest BCUT2D eigenvalue weighted by Crippen LogP contribution is 2.25. The minimum absolute atomic E-state index is 0.0722. The normalized spacial score (nSPS) is 11.4. The van der Waals surface area contributed by atoms with E-state index in [0.29, 0.717) is 17.9 Å². The molecule has 1 N–H and O–H groups in total. The summed E-state index contributed by atoms with van der Waals surface area (Å²) < 4.78 is 1.62. The van der Waals surface area contributed by atoms with Crippen LogP contribution < -0.4 is 5.32 Å². The zero-order chi connectivity index (χ0) is 14.8. The van der Waals surface area contributed by atoms with Crippen molar-refractivity contribution in [2.45, 2.75) is 32.7 Å². The zero-order valence-electron chi connectivity index (χ0n) is 12.3. The number of nitrogens with one attached hydrogen (secondary N) is 1. The molecule has 1 aromatic carbocycles. The second kappa shape index (κ2) is 5.45. The van der Waals surface area contributed by atoms with Crippen molar-refractivity contribution in [3.05, 3.63) is 47.5 Å². The van der Waals surface area contributed by atoms with Crippen LogP contribution in [0.25, 0.3) is 0 Å². The minimum atomic E-state index is -0.0945. The van der Waals surface area contributed by atoms with Gasteiger partial charge in [0.2, 0.25) is 0 Å². The van der Waals surface area contributed by atoms with Crippen LogP contribution in [0.3, 0.4) is 0 Å². The molecular weight excluding hydrogens is 252 g/mol. The van der Waals surface area contributed by atoms with Gasteiger partial charge in [0.1, 0.15) is 6.33 Å². The third-order valence-corrected chi connectivity index (χ3v) is 3.03. The van der Waals surface area contributed by atoms with Crippen LogP contribution in [0.2, 0.25) is 0 Å². The first kappa shape index (κ1) is 14.2. The Morgan fingerprint density at radius 1 is 1.30 bits per heavy atom. The number of hydrogen-bond donors (Lipinski definition) is 1. The third-order valence-electron chi connectivity index (χ3n) is 3.03. The minimum Gasteiger partial charge on any atom is -0.345 e. The lowest BCUT2D eigenvalue weighted by atomic mass is 9.83. The zero-order valence-corrected chi connectivity index (χ0v) is 12.3. The monoisotopic (exact) mass is 272 g/mol. The van der Waals surface area contributed by atoms with Gasteiger partial charge in [-0.05, 0) is 17.0 Å². The molecule has 5 heteroatoms. The fourth-order valence-corrected chi connectivity index (χ4v) is 2.05. The Balaban J connectivity index is 2.13. The fourth-order valence-electron chi connectivity index (χ4n) is 2.05. The predicted octanol–water partition coefficient (Wildman–Crippen LogP) is 2.04. The first-order valence-corrected chi connectivity index (χ1v) is 6.60. The molecule has 0 atom stereocenters. The molecule has 0 aliphatic carbocycles. The highest BCUT2D eigenvalue weighted by molar-refractivity contribution is 5.95. The number of rotatable bonds is 3. The summed E-state index contributed by atoms with van der Waals surface area (Å²) in [6.45, 7) is 6.62. The highest BCUT2D eigenvalue weighted by Gasteiger charge is 2.21. The Hall–Kier alpha value is -2.17. The average molecular weight is 272 g/mol. The first-order valence-electron chi connectivity index (χ1n) is 6.60. The van der Waals surface area contributed by atoms with Crippen molar-refractivity contribution in [1.82, 2.24) is 20.1 Å². The molecular formula is C15H20N4O. The summed E-state index contributed by atoms with van der Waals surface area (Å²) in [6.07, 6.45) is 1.62. The molecule has 20 heavy (non-hydrogen) atoms. The summed E-state index contributed by atoms with van der Waals surface area (Å²) in [4.78, 5) is 16.4. The lowest BCUT2D eigenvalue weighted by Crippen LogP contribution is -2.27. The van der Waals surface area contributed by atoms with Crippen LogP contribution in [0.4, 0.5) is 0 Å². The van der Waals surface area contributed by atoms with Gasteiger partial charge in [0.25, 0.3) is 5.91 Å². The fraction of sp³-hybridized carbons (Fsp3) is 0.400. The smallest absolute Gasteiger partial charge is 0.251 e. The van der Waals surface area contributed by atoms with E-state index in [-0.39, 0.29) is 11.3 Å². The number of nitrogens with zero attached hydrogens (tertiary/aromatic N) is 3. The number of amides is 1. The molecule has 2 aromatic rings. The van der Waals surface area contributed by atoms with Crippen molar-refractivity contribution in [3.8, 4) is 0 Å². The summed E-state index contributed by atoms with van der Waals surface area (Å²) in [5.41, 5.74) is 1.67. The van der Waals surface area contributed by atoms with Gasteiger partial charge in [0, 0.05) is 12.6 Å². The second-order valence-corrected chi connectivity index (χ2v) is 5.81. The largest absolute Gasteiger partial charge is 0.345 e. The number of hydrogen-bond acceptors (Lipinski definition) is 3. The van der Waals surface area contributed by atoms with Crippen molar-refractivity contribution < 1.29 is 4.79 Å². The lowest BCUT2D eigenvalue weighted by molar-refractivity contribution is 0.0947. The Bertz CT molecular complexity index is 610. The predicted molar refractivity (Wildman–Crippen MR) is 77.3 cm³/mol. The van der Waals surface area contributed by atoms with E-state index in [1.807, 2.05) is 24.3 Å². The number of carbonyl (C=O) groups is 1. The van der Waals surface area contributed by atoms with Crippen molar-refractivity contribution in [2.24, 2.45) is 7.05 Å². The van der Waals surface area contributed by atoms with E-state index >= 15 is 0 Å². The second-order valence-electron chi connectivity index (χ2n) is 5.81. The van der Waals surface area contributed by atoms with E-state index in [9.17, 15) is 4.79 Å². The van der Waals surface area contributed by atoms with Gasteiger partial charge >= 0.3 is 0 Å². The number of benzene rings is 1. The quantitative estimate of drug-likeness (QED) is 0.930. The maximum absolute atomic E-state index is 12.3. The molecule has 0 radical (unpaired) electrons. The Morgan fingerprint density at radius 3 is 2.60 bits per heavy atom. The molecule has 2 rings (SSSR count). The van der Waals surface area contributed by atoms with Crippen LogP contribution in [-0.4, -0.2) is 20.7 Å². The van der Waals surface area contributed by atoms with Gasteiger partial charge in [0.05, 0.1) is 6.54 Å². The molecule has 0 saturated carbocycles. The molecule has 106 valence electrons. The van der Waals surface area contributed by atoms with E-state index in [1.54, 1.807) is 18.1 Å². The van der Waals surface area contributed by atoms with Crippen molar-refractivity contribution in [2.75, 3.05) is 0 Å². The van der Waals surface area contributed by atoms with Crippen LogP contribution in [-0.2, 0) is 19.0 Å². The lowest BCUT2D eigenvalue weighted by Gasteiger charge is -2.22. The van der Waals surface area contributed by atoms with E-state index in [2.05, 4.69) is 36.2 Å². The summed E-state index contributed by atoms with van der Waals surface area (Å²) >= 11 is 0. The molecule has 0 aliphatic heterocycles. The van der Waals surface area contributed by atoms with E-state index in [0.717, 1.165) is 5.56 Å². The standard InChI is InChI=1S/C15H20N4O/c1-15(2,3)12-8-6-5-7-11(12)14(20)16-9-13-17-10-19(4)18-13/h5-8,10H,9H2,1-4H3,(H,16,20). The van der Waals surface area contributed by atoms with Gasteiger partial charge in [-0.2, -0.15) is 5.10 Å². The number of carbonyl (C=O) groups excluding carboxylic acids is 1. The molecule has 0 bridgehead atoms. The topological polar surface area (TPSA) is 59.8 Å². The van der Waals surface area contributed by atoms with Crippen molar-refractivity contribution >= 4 is 5.91 Å². The maximum Gasteiger partial charge on any atom is 0.251 e. The molecule has 0 spiro atoms. The molecule has 0 unspecified atom stereocenters. The SMILES string of the molecule is Cn1cnc(CNC(=O)c2ccccc2C(C)(C)C)n1. The molecule has 1 amide bonds. The van der Waals surface area contributed by atoms with Crippen molar-refractivity contribution in [3.63, 3.8) is 0 Å². The Morgan fingerprint density at radius 2 is 2.00 bits per heavy atom. The summed E-state index contributed by atoms with van der Waals surface area (Å²) in [6, 6.07) is 7.68. The summed E-state index contributed by atoms with van der Waals surface area (Å²) in [7, 11) is 1.80. The van der Waals surface area contributed by atoms with Gasteiger partial charge in [-0.1, -0.05) is 39.0 Å². The molecule has 0 saturated heterocycles. The molecule has 5 nitrogen and oxygen atoms in total. The first-order chi connectivity index (χ1) is 9.38. The molecule has 0 aliphatic rings.